The summed E-state index contributed by atoms with van der Waals surface area (Å²) in [5.74, 6) is 0.376. The van der Waals surface area contributed by atoms with Crippen LogP contribution in [0.25, 0.3) is 0 Å². The SMILES string of the molecule is CC1(C)CCN2C(=O)CCC21. The van der Waals surface area contributed by atoms with Crippen molar-refractivity contribution >= 4 is 5.91 Å². The van der Waals surface area contributed by atoms with Crippen molar-refractivity contribution in [1.82, 2.24) is 4.90 Å². The number of carbonyl (C=O) groups excluding carboxylic acids is 1. The Labute approximate surface area is 67.6 Å². The molecule has 0 saturated carbocycles. The first-order chi connectivity index (χ1) is 5.11. The Kier molecular flexibility index (Phi) is 1.29. The van der Waals surface area contributed by atoms with E-state index in [0.29, 0.717) is 17.4 Å². The monoisotopic (exact) mass is 153 g/mol. The quantitative estimate of drug-likeness (QED) is 0.515. The number of hydrogen-bond acceptors (Lipinski definition) is 1. The van der Waals surface area contributed by atoms with Crippen LogP contribution in [0.5, 0.6) is 0 Å². The molecular formula is C9H15NO. The molecule has 2 aliphatic heterocycles. The summed E-state index contributed by atoms with van der Waals surface area (Å²) in [6.07, 6.45) is 3.06. The summed E-state index contributed by atoms with van der Waals surface area (Å²) in [7, 11) is 0. The molecule has 1 unspecified atom stereocenters. The number of carbonyl (C=O) groups is 1. The molecule has 2 aliphatic rings. The Balaban J connectivity index is 2.23. The Bertz CT molecular complexity index is 198. The van der Waals surface area contributed by atoms with E-state index in [1.807, 2.05) is 0 Å². The van der Waals surface area contributed by atoms with Crippen LogP contribution in [-0.4, -0.2) is 23.4 Å². The van der Waals surface area contributed by atoms with E-state index >= 15 is 0 Å². The van der Waals surface area contributed by atoms with Crippen LogP contribution >= 0.6 is 0 Å². The van der Waals surface area contributed by atoms with Gasteiger partial charge in [0.05, 0.1) is 0 Å². The van der Waals surface area contributed by atoms with Crippen LogP contribution in [0.1, 0.15) is 33.1 Å². The van der Waals surface area contributed by atoms with E-state index in [2.05, 4.69) is 18.7 Å². The van der Waals surface area contributed by atoms with E-state index < -0.39 is 0 Å². The fraction of sp³-hybridized carbons (Fsp3) is 0.889. The van der Waals surface area contributed by atoms with Crippen LogP contribution in [0, 0.1) is 5.41 Å². The highest BCUT2D eigenvalue weighted by Crippen LogP contribution is 2.42. The zero-order valence-electron chi connectivity index (χ0n) is 7.26. The average molecular weight is 153 g/mol. The number of nitrogens with zero attached hydrogens (tertiary/aromatic N) is 1. The third-order valence-electron chi connectivity index (χ3n) is 3.23. The highest BCUT2D eigenvalue weighted by Gasteiger charge is 2.45. The predicted octanol–water partition coefficient (Wildman–Crippen LogP) is 1.41. The minimum absolute atomic E-state index is 0.376. The Morgan fingerprint density at radius 3 is 2.91 bits per heavy atom. The maximum Gasteiger partial charge on any atom is 0.222 e. The fourth-order valence-corrected chi connectivity index (χ4v) is 2.40. The van der Waals surface area contributed by atoms with Crippen molar-refractivity contribution in [3.63, 3.8) is 0 Å². The summed E-state index contributed by atoms with van der Waals surface area (Å²) in [6.45, 7) is 5.54. The number of fused-ring (bicyclic) bond motifs is 1. The van der Waals surface area contributed by atoms with Crippen molar-refractivity contribution in [3.8, 4) is 0 Å². The number of hydrogen-bond donors (Lipinski definition) is 0. The normalized spacial score (nSPS) is 34.5. The lowest BCUT2D eigenvalue weighted by Gasteiger charge is -2.26. The molecule has 0 N–H and O–H groups in total. The molecule has 2 saturated heterocycles. The average Bonchev–Trinajstić information content (AvgIpc) is 2.39. The zero-order valence-corrected chi connectivity index (χ0v) is 7.26. The van der Waals surface area contributed by atoms with Gasteiger partial charge >= 0.3 is 0 Å². The van der Waals surface area contributed by atoms with Gasteiger partial charge in [-0.15, -0.1) is 0 Å². The van der Waals surface area contributed by atoms with E-state index in [9.17, 15) is 4.79 Å². The van der Waals surface area contributed by atoms with Gasteiger partial charge in [-0.1, -0.05) is 13.8 Å². The third-order valence-corrected chi connectivity index (χ3v) is 3.23. The lowest BCUT2D eigenvalue weighted by atomic mass is 9.84. The van der Waals surface area contributed by atoms with Crippen molar-refractivity contribution < 1.29 is 4.79 Å². The van der Waals surface area contributed by atoms with Crippen LogP contribution in [0.3, 0.4) is 0 Å². The zero-order chi connectivity index (χ0) is 8.06. The Morgan fingerprint density at radius 2 is 2.27 bits per heavy atom. The van der Waals surface area contributed by atoms with Gasteiger partial charge in [-0.3, -0.25) is 4.79 Å². The Hall–Kier alpha value is -0.530. The molecule has 0 aliphatic carbocycles. The van der Waals surface area contributed by atoms with E-state index in [1.165, 1.54) is 6.42 Å². The maximum absolute atomic E-state index is 11.3. The molecule has 11 heavy (non-hydrogen) atoms. The first-order valence-electron chi connectivity index (χ1n) is 4.41. The second-order valence-electron chi connectivity index (χ2n) is 4.38. The van der Waals surface area contributed by atoms with Crippen molar-refractivity contribution in [2.75, 3.05) is 6.54 Å². The van der Waals surface area contributed by atoms with E-state index in [4.69, 9.17) is 0 Å². The second kappa shape index (κ2) is 1.99. The lowest BCUT2D eigenvalue weighted by molar-refractivity contribution is -0.128. The molecule has 2 heterocycles. The van der Waals surface area contributed by atoms with E-state index in [0.717, 1.165) is 19.4 Å². The topological polar surface area (TPSA) is 20.3 Å². The molecule has 0 bridgehead atoms. The molecule has 0 radical (unpaired) electrons. The van der Waals surface area contributed by atoms with Crippen LogP contribution < -0.4 is 0 Å². The minimum atomic E-state index is 0.376. The molecule has 2 nitrogen and oxygen atoms in total. The highest BCUT2D eigenvalue weighted by atomic mass is 16.2. The van der Waals surface area contributed by atoms with Gasteiger partial charge in [-0.05, 0) is 18.3 Å². The van der Waals surface area contributed by atoms with E-state index in [1.54, 1.807) is 0 Å². The van der Waals surface area contributed by atoms with Crippen molar-refractivity contribution in [3.05, 3.63) is 0 Å². The standard InChI is InChI=1S/C9H15NO/c1-9(2)5-6-10-7(9)3-4-8(10)11/h7H,3-6H2,1-2H3. The van der Waals surface area contributed by atoms with Crippen molar-refractivity contribution in [2.45, 2.75) is 39.2 Å². The van der Waals surface area contributed by atoms with Crippen LogP contribution in [0.4, 0.5) is 0 Å². The molecule has 0 aromatic carbocycles. The summed E-state index contributed by atoms with van der Waals surface area (Å²) in [6, 6.07) is 0.551. The van der Waals surface area contributed by atoms with E-state index in [-0.39, 0.29) is 0 Å². The predicted molar refractivity (Wildman–Crippen MR) is 43.1 cm³/mol. The first kappa shape index (κ1) is 7.14. The van der Waals surface area contributed by atoms with Gasteiger partial charge in [-0.25, -0.2) is 0 Å². The molecular weight excluding hydrogens is 138 g/mol. The van der Waals surface area contributed by atoms with Gasteiger partial charge < -0.3 is 4.90 Å². The molecule has 2 rings (SSSR count). The summed E-state index contributed by atoms with van der Waals surface area (Å²) in [5, 5.41) is 0. The summed E-state index contributed by atoms with van der Waals surface area (Å²) >= 11 is 0. The summed E-state index contributed by atoms with van der Waals surface area (Å²) < 4.78 is 0. The van der Waals surface area contributed by atoms with Gasteiger partial charge in [0.25, 0.3) is 0 Å². The van der Waals surface area contributed by atoms with Gasteiger partial charge in [0, 0.05) is 19.0 Å². The lowest BCUT2D eigenvalue weighted by Crippen LogP contribution is -2.32. The van der Waals surface area contributed by atoms with Crippen molar-refractivity contribution in [1.29, 1.82) is 0 Å². The fourth-order valence-electron chi connectivity index (χ4n) is 2.40. The molecule has 2 fully saturated rings. The summed E-state index contributed by atoms with van der Waals surface area (Å²) in [4.78, 5) is 13.3. The second-order valence-corrected chi connectivity index (χ2v) is 4.38. The van der Waals surface area contributed by atoms with Crippen LogP contribution in [0.15, 0.2) is 0 Å². The largest absolute Gasteiger partial charge is 0.339 e. The highest BCUT2D eigenvalue weighted by molar-refractivity contribution is 5.79. The number of amides is 1. The van der Waals surface area contributed by atoms with Crippen LogP contribution in [0.2, 0.25) is 0 Å². The van der Waals surface area contributed by atoms with Crippen molar-refractivity contribution in [2.24, 2.45) is 5.41 Å². The molecule has 62 valence electrons. The first-order valence-corrected chi connectivity index (χ1v) is 4.41. The molecule has 0 spiro atoms. The molecule has 1 amide bonds. The minimum Gasteiger partial charge on any atom is -0.339 e. The molecule has 2 heteroatoms. The smallest absolute Gasteiger partial charge is 0.222 e. The van der Waals surface area contributed by atoms with Gasteiger partial charge in [0.15, 0.2) is 0 Å². The van der Waals surface area contributed by atoms with Gasteiger partial charge in [0.1, 0.15) is 0 Å². The van der Waals surface area contributed by atoms with Gasteiger partial charge in [0.2, 0.25) is 5.91 Å². The third kappa shape index (κ3) is 0.883. The van der Waals surface area contributed by atoms with Crippen LogP contribution in [-0.2, 0) is 4.79 Å². The molecule has 1 atom stereocenters. The summed E-state index contributed by atoms with van der Waals surface area (Å²) in [5.41, 5.74) is 0.381. The Morgan fingerprint density at radius 1 is 1.55 bits per heavy atom. The maximum atomic E-state index is 11.3. The molecule has 0 aromatic heterocycles. The number of rotatable bonds is 0. The van der Waals surface area contributed by atoms with Gasteiger partial charge in [-0.2, -0.15) is 0 Å². The molecule has 0 aromatic rings.